The molecule has 0 N–H and O–H groups in total. The van der Waals surface area contributed by atoms with Gasteiger partial charge < -0.3 is 14.2 Å². The Kier molecular flexibility index (Phi) is 6.53. The molecule has 2 aliphatic rings. The summed E-state index contributed by atoms with van der Waals surface area (Å²) in [4.78, 5) is 20.6. The van der Waals surface area contributed by atoms with Gasteiger partial charge in [0.2, 0.25) is 6.79 Å². The highest BCUT2D eigenvalue weighted by atomic mass is 32.2. The number of amidine groups is 1. The van der Waals surface area contributed by atoms with E-state index in [0.717, 1.165) is 17.7 Å². The van der Waals surface area contributed by atoms with Gasteiger partial charge in [0.25, 0.3) is 5.91 Å². The van der Waals surface area contributed by atoms with Gasteiger partial charge in [-0.1, -0.05) is 48.5 Å². The summed E-state index contributed by atoms with van der Waals surface area (Å²) in [6.07, 6.45) is 2.59. The van der Waals surface area contributed by atoms with Crippen LogP contribution < -0.4 is 14.2 Å². The number of ether oxygens (including phenoxy) is 3. The van der Waals surface area contributed by atoms with E-state index in [1.54, 1.807) is 4.90 Å². The summed E-state index contributed by atoms with van der Waals surface area (Å²) in [7, 11) is 0. The summed E-state index contributed by atoms with van der Waals surface area (Å²) in [5.74, 6) is 1.87. The third kappa shape index (κ3) is 4.79. The molecule has 172 valence electrons. The molecule has 1 fully saturated rings. The normalized spacial score (nSPS) is 17.1. The van der Waals surface area contributed by atoms with Gasteiger partial charge in [-0.15, -0.1) is 0 Å². The predicted octanol–water partition coefficient (Wildman–Crippen LogP) is 5.66. The van der Waals surface area contributed by atoms with Crippen LogP contribution in [0.4, 0.5) is 5.69 Å². The second-order valence-corrected chi connectivity index (χ2v) is 8.72. The minimum Gasteiger partial charge on any atom is -0.493 e. The average molecular weight is 473 g/mol. The van der Waals surface area contributed by atoms with Gasteiger partial charge in [0.15, 0.2) is 16.7 Å². The lowest BCUT2D eigenvalue weighted by atomic mass is 10.1. The van der Waals surface area contributed by atoms with Crippen LogP contribution in [0.2, 0.25) is 0 Å². The molecular weight excluding hydrogens is 448 g/mol. The number of carbonyl (C=O) groups is 1. The highest BCUT2D eigenvalue weighted by Gasteiger charge is 2.33. The molecule has 34 heavy (non-hydrogen) atoms. The van der Waals surface area contributed by atoms with Crippen molar-refractivity contribution >= 4 is 34.6 Å². The molecule has 3 aromatic rings. The molecule has 3 aromatic carbocycles. The summed E-state index contributed by atoms with van der Waals surface area (Å²) in [6.45, 7) is 3.14. The van der Waals surface area contributed by atoms with Crippen LogP contribution >= 0.6 is 11.8 Å². The maximum Gasteiger partial charge on any atom is 0.266 e. The molecular formula is C27H24N2O4S. The van der Waals surface area contributed by atoms with Crippen molar-refractivity contribution in [3.05, 3.63) is 88.8 Å². The topological polar surface area (TPSA) is 60.4 Å². The molecule has 0 spiro atoms. The van der Waals surface area contributed by atoms with Crippen LogP contribution in [0.15, 0.2) is 82.7 Å². The van der Waals surface area contributed by atoms with Crippen molar-refractivity contribution in [2.45, 2.75) is 13.3 Å². The van der Waals surface area contributed by atoms with Gasteiger partial charge >= 0.3 is 0 Å². The lowest BCUT2D eigenvalue weighted by Gasteiger charge is -2.15. The fourth-order valence-electron chi connectivity index (χ4n) is 3.76. The zero-order valence-electron chi connectivity index (χ0n) is 18.8. The first-order chi connectivity index (χ1) is 16.7. The fourth-order valence-corrected chi connectivity index (χ4v) is 4.78. The Bertz CT molecular complexity index is 1240. The van der Waals surface area contributed by atoms with Crippen LogP contribution in [0, 0.1) is 0 Å². The monoisotopic (exact) mass is 472 g/mol. The number of hydrogen-bond acceptors (Lipinski definition) is 6. The standard InChI is InChI=1S/C27H24N2O4S/c1-2-31-22-17-24-23(32-18-33-24)15-20(22)16-25-26(30)29(14-13-19-9-5-3-6-10-19)27(34-25)28-21-11-7-4-8-12-21/h3-12,15-17H,2,13-14,18H2,1H3/b25-16+,28-27?. The average Bonchev–Trinajstić information content (AvgIpc) is 3.43. The van der Waals surface area contributed by atoms with Crippen molar-refractivity contribution in [2.24, 2.45) is 4.99 Å². The highest BCUT2D eigenvalue weighted by molar-refractivity contribution is 8.18. The van der Waals surface area contributed by atoms with Gasteiger partial charge in [0.05, 0.1) is 17.2 Å². The van der Waals surface area contributed by atoms with Crippen LogP contribution in [-0.2, 0) is 11.2 Å². The van der Waals surface area contributed by atoms with E-state index < -0.39 is 0 Å². The smallest absolute Gasteiger partial charge is 0.266 e. The number of para-hydroxylation sites is 1. The number of hydrogen-bond donors (Lipinski definition) is 0. The zero-order valence-corrected chi connectivity index (χ0v) is 19.6. The molecule has 1 amide bonds. The molecule has 0 saturated carbocycles. The van der Waals surface area contributed by atoms with Crippen molar-refractivity contribution in [3.63, 3.8) is 0 Å². The number of thioether (sulfide) groups is 1. The second-order valence-electron chi connectivity index (χ2n) is 7.71. The van der Waals surface area contributed by atoms with Crippen LogP contribution in [-0.4, -0.2) is 35.9 Å². The SMILES string of the molecule is CCOc1cc2c(cc1/C=C1/SC(=Nc3ccccc3)N(CCc3ccccc3)C1=O)OCO2. The van der Waals surface area contributed by atoms with E-state index in [-0.39, 0.29) is 12.7 Å². The van der Waals surface area contributed by atoms with Gasteiger partial charge in [-0.05, 0) is 54.9 Å². The first-order valence-electron chi connectivity index (χ1n) is 11.2. The van der Waals surface area contributed by atoms with E-state index >= 15 is 0 Å². The molecule has 0 radical (unpaired) electrons. The van der Waals surface area contributed by atoms with E-state index in [0.29, 0.717) is 40.5 Å². The van der Waals surface area contributed by atoms with Crippen molar-refractivity contribution in [1.82, 2.24) is 4.90 Å². The minimum atomic E-state index is -0.0734. The molecule has 1 saturated heterocycles. The van der Waals surface area contributed by atoms with Crippen molar-refractivity contribution in [1.29, 1.82) is 0 Å². The molecule has 5 rings (SSSR count). The largest absolute Gasteiger partial charge is 0.493 e. The maximum atomic E-state index is 13.5. The molecule has 0 bridgehead atoms. The van der Waals surface area contributed by atoms with Gasteiger partial charge in [0, 0.05) is 18.2 Å². The Morgan fingerprint density at radius 3 is 2.47 bits per heavy atom. The van der Waals surface area contributed by atoms with E-state index in [9.17, 15) is 4.79 Å². The molecule has 0 aliphatic carbocycles. The number of amides is 1. The number of rotatable bonds is 7. The Morgan fingerprint density at radius 2 is 1.74 bits per heavy atom. The Hall–Kier alpha value is -3.71. The summed E-state index contributed by atoms with van der Waals surface area (Å²) in [5.41, 5.74) is 2.75. The molecule has 2 heterocycles. The number of nitrogens with zero attached hydrogens (tertiary/aromatic N) is 2. The lowest BCUT2D eigenvalue weighted by Crippen LogP contribution is -2.31. The third-order valence-corrected chi connectivity index (χ3v) is 6.43. The molecule has 0 aromatic heterocycles. The highest BCUT2D eigenvalue weighted by Crippen LogP contribution is 2.41. The first-order valence-corrected chi connectivity index (χ1v) is 12.0. The van der Waals surface area contributed by atoms with Crippen LogP contribution in [0.25, 0.3) is 6.08 Å². The zero-order chi connectivity index (χ0) is 23.3. The maximum absolute atomic E-state index is 13.5. The van der Waals surface area contributed by atoms with Crippen LogP contribution in [0.5, 0.6) is 17.2 Å². The molecule has 6 nitrogen and oxygen atoms in total. The van der Waals surface area contributed by atoms with Crippen LogP contribution in [0.1, 0.15) is 18.1 Å². The van der Waals surface area contributed by atoms with E-state index in [1.165, 1.54) is 17.3 Å². The summed E-state index contributed by atoms with van der Waals surface area (Å²) in [6, 6.07) is 23.5. The summed E-state index contributed by atoms with van der Waals surface area (Å²) in [5, 5.41) is 0.664. The lowest BCUT2D eigenvalue weighted by molar-refractivity contribution is -0.122. The van der Waals surface area contributed by atoms with E-state index in [1.807, 2.05) is 73.7 Å². The quantitative estimate of drug-likeness (QED) is 0.415. The number of benzene rings is 3. The van der Waals surface area contributed by atoms with Crippen LogP contribution in [0.3, 0.4) is 0 Å². The first kappa shape index (κ1) is 22.1. The van der Waals surface area contributed by atoms with Gasteiger partial charge in [-0.25, -0.2) is 4.99 Å². The molecule has 0 unspecified atom stereocenters. The van der Waals surface area contributed by atoms with Gasteiger partial charge in [-0.2, -0.15) is 0 Å². The molecule has 0 atom stereocenters. The van der Waals surface area contributed by atoms with E-state index in [4.69, 9.17) is 19.2 Å². The fraction of sp³-hybridized carbons (Fsp3) is 0.185. The number of fused-ring (bicyclic) bond motifs is 1. The molecule has 7 heteroatoms. The Balaban J connectivity index is 1.48. The van der Waals surface area contributed by atoms with Crippen molar-refractivity contribution in [3.8, 4) is 17.2 Å². The third-order valence-electron chi connectivity index (χ3n) is 5.43. The van der Waals surface area contributed by atoms with E-state index in [2.05, 4.69) is 12.1 Å². The van der Waals surface area contributed by atoms with Gasteiger partial charge in [0.1, 0.15) is 5.75 Å². The number of carbonyl (C=O) groups excluding carboxylic acids is 1. The number of aliphatic imine (C=N–C) groups is 1. The van der Waals surface area contributed by atoms with Gasteiger partial charge in [-0.3, -0.25) is 9.69 Å². The van der Waals surface area contributed by atoms with Crippen molar-refractivity contribution < 1.29 is 19.0 Å². The minimum absolute atomic E-state index is 0.0734. The predicted molar refractivity (Wildman–Crippen MR) is 135 cm³/mol. The summed E-state index contributed by atoms with van der Waals surface area (Å²) < 4.78 is 16.8. The van der Waals surface area contributed by atoms with Crippen molar-refractivity contribution in [2.75, 3.05) is 19.9 Å². The Labute approximate surface area is 202 Å². The summed E-state index contributed by atoms with van der Waals surface area (Å²) >= 11 is 1.37. The Morgan fingerprint density at radius 1 is 1.03 bits per heavy atom. The second kappa shape index (κ2) is 10.1. The molecule has 2 aliphatic heterocycles.